The summed E-state index contributed by atoms with van der Waals surface area (Å²) in [5.74, 6) is 0. The molecule has 0 nitrogen and oxygen atoms in total. The van der Waals surface area contributed by atoms with E-state index in [9.17, 15) is 0 Å². The van der Waals surface area contributed by atoms with E-state index < -0.39 is 0 Å². The van der Waals surface area contributed by atoms with Crippen LogP contribution >= 0.6 is 24.8 Å². The molecule has 0 bridgehead atoms. The van der Waals surface area contributed by atoms with E-state index in [0.717, 1.165) is 5.57 Å². The van der Waals surface area contributed by atoms with Crippen molar-refractivity contribution in [3.05, 3.63) is 36.5 Å². The maximum absolute atomic E-state index is 3.68. The van der Waals surface area contributed by atoms with Crippen molar-refractivity contribution in [2.24, 2.45) is 0 Å². The van der Waals surface area contributed by atoms with Gasteiger partial charge in [0.15, 0.2) is 0 Å². The van der Waals surface area contributed by atoms with E-state index in [1.165, 1.54) is 0 Å². The topological polar surface area (TPSA) is 0 Å². The van der Waals surface area contributed by atoms with Crippen molar-refractivity contribution in [1.82, 2.24) is 0 Å². The fraction of sp³-hybridized carbons (Fsp3) is 0. The molecule has 0 amide bonds. The zero-order chi connectivity index (χ0) is 4.41. The Morgan fingerprint density at radius 1 is 1.00 bits per heavy atom. The molecule has 0 unspecified atom stereocenters. The summed E-state index contributed by atoms with van der Waals surface area (Å²) in [4.78, 5) is 0. The van der Waals surface area contributed by atoms with Crippen LogP contribution in [0.2, 0.25) is 0 Å². The molecule has 0 N–H and O–H groups in total. The van der Waals surface area contributed by atoms with Crippen molar-refractivity contribution in [3.63, 3.8) is 0 Å². The SMILES string of the molecule is C=C1C=CC=C1.Cl.Cl.[Cr]. The summed E-state index contributed by atoms with van der Waals surface area (Å²) in [6.45, 7) is 3.68. The summed E-state index contributed by atoms with van der Waals surface area (Å²) in [5, 5.41) is 0. The van der Waals surface area contributed by atoms with Crippen molar-refractivity contribution in [3.8, 4) is 0 Å². The van der Waals surface area contributed by atoms with Gasteiger partial charge in [-0.05, 0) is 5.57 Å². The third-order valence-corrected chi connectivity index (χ3v) is 0.732. The van der Waals surface area contributed by atoms with Crippen molar-refractivity contribution in [2.75, 3.05) is 0 Å². The first-order chi connectivity index (χ1) is 2.89. The number of hydrogen-bond acceptors (Lipinski definition) is 0. The predicted molar refractivity (Wildman–Crippen MR) is 41.9 cm³/mol. The van der Waals surface area contributed by atoms with Crippen LogP contribution in [0.15, 0.2) is 36.5 Å². The molecule has 52 valence electrons. The maximum Gasteiger partial charge on any atom is 0 e. The maximum atomic E-state index is 3.68. The smallest absolute Gasteiger partial charge is 0 e. The molecule has 0 aromatic heterocycles. The molecule has 9 heavy (non-hydrogen) atoms. The predicted octanol–water partition coefficient (Wildman–Crippen LogP) is 2.51. The minimum absolute atomic E-state index is 0. The largest absolute Gasteiger partial charge is 0.147 e. The van der Waals surface area contributed by atoms with Gasteiger partial charge in [-0.25, -0.2) is 0 Å². The van der Waals surface area contributed by atoms with Gasteiger partial charge in [-0.3, -0.25) is 0 Å². The molecule has 0 aromatic rings. The molecule has 1 aliphatic rings. The minimum Gasteiger partial charge on any atom is -0.147 e. The normalized spacial score (nSPS) is 11.3. The summed E-state index contributed by atoms with van der Waals surface area (Å²) < 4.78 is 0. The first kappa shape index (κ1) is 16.2. The molecule has 0 atom stereocenters. The molecule has 0 spiro atoms. The molecule has 3 heteroatoms. The van der Waals surface area contributed by atoms with Crippen LogP contribution in [0.1, 0.15) is 0 Å². The second kappa shape index (κ2) is 8.33. The van der Waals surface area contributed by atoms with Gasteiger partial charge < -0.3 is 0 Å². The van der Waals surface area contributed by atoms with Crippen LogP contribution in [0.3, 0.4) is 0 Å². The molecular formula is C6H8Cl2Cr. The molecule has 1 rings (SSSR count). The monoisotopic (exact) mass is 202 g/mol. The quantitative estimate of drug-likeness (QED) is 0.567. The van der Waals surface area contributed by atoms with Gasteiger partial charge in [0.2, 0.25) is 0 Å². The standard InChI is InChI=1S/C6H6.2ClH.Cr/c1-6-4-2-3-5-6;;;/h2-5H,1H2;2*1H;. The number of rotatable bonds is 0. The van der Waals surface area contributed by atoms with Crippen LogP contribution < -0.4 is 0 Å². The van der Waals surface area contributed by atoms with Crippen LogP contribution in [-0.2, 0) is 17.4 Å². The Morgan fingerprint density at radius 2 is 1.33 bits per heavy atom. The van der Waals surface area contributed by atoms with Crippen LogP contribution in [0.25, 0.3) is 0 Å². The van der Waals surface area contributed by atoms with Gasteiger partial charge in [0.1, 0.15) is 0 Å². The van der Waals surface area contributed by atoms with E-state index in [-0.39, 0.29) is 42.2 Å². The average molecular weight is 203 g/mol. The van der Waals surface area contributed by atoms with Crippen molar-refractivity contribution in [1.29, 1.82) is 0 Å². The van der Waals surface area contributed by atoms with Crippen LogP contribution in [0.5, 0.6) is 0 Å². The molecule has 0 radical (unpaired) electrons. The summed E-state index contributed by atoms with van der Waals surface area (Å²) >= 11 is 0. The Bertz CT molecular complexity index is 113. The van der Waals surface area contributed by atoms with Crippen molar-refractivity contribution < 1.29 is 17.4 Å². The van der Waals surface area contributed by atoms with E-state index in [2.05, 4.69) is 6.58 Å². The van der Waals surface area contributed by atoms with Gasteiger partial charge in [-0.15, -0.1) is 24.8 Å². The first-order valence-electron chi connectivity index (χ1n) is 1.93. The van der Waals surface area contributed by atoms with E-state index in [1.54, 1.807) is 0 Å². The van der Waals surface area contributed by atoms with Crippen LogP contribution in [0.4, 0.5) is 0 Å². The minimum atomic E-state index is 0. The molecular weight excluding hydrogens is 195 g/mol. The number of halogens is 2. The molecule has 0 aliphatic heterocycles. The zero-order valence-corrected chi connectivity index (χ0v) is 7.65. The second-order valence-electron chi connectivity index (χ2n) is 1.29. The zero-order valence-electron chi connectivity index (χ0n) is 4.74. The Kier molecular flexibility index (Phi) is 15.0. The van der Waals surface area contributed by atoms with E-state index in [4.69, 9.17) is 0 Å². The fourth-order valence-electron chi connectivity index (χ4n) is 0.414. The van der Waals surface area contributed by atoms with Gasteiger partial charge in [0.05, 0.1) is 0 Å². The number of hydrogen-bond donors (Lipinski definition) is 0. The Labute approximate surface area is 78.7 Å². The van der Waals surface area contributed by atoms with E-state index >= 15 is 0 Å². The van der Waals surface area contributed by atoms with Gasteiger partial charge >= 0.3 is 0 Å². The summed E-state index contributed by atoms with van der Waals surface area (Å²) in [6, 6.07) is 0. The van der Waals surface area contributed by atoms with E-state index in [0.29, 0.717) is 0 Å². The average Bonchev–Trinajstić information content (AvgIpc) is 1.86. The third kappa shape index (κ3) is 6.21. The summed E-state index contributed by atoms with van der Waals surface area (Å²) in [5.41, 5.74) is 1.09. The summed E-state index contributed by atoms with van der Waals surface area (Å²) in [7, 11) is 0. The van der Waals surface area contributed by atoms with Gasteiger partial charge in [0, 0.05) is 17.4 Å². The van der Waals surface area contributed by atoms with Gasteiger partial charge in [-0.2, -0.15) is 0 Å². The number of allylic oxidation sites excluding steroid dienone is 5. The van der Waals surface area contributed by atoms with E-state index in [1.807, 2.05) is 24.3 Å². The van der Waals surface area contributed by atoms with Crippen LogP contribution in [0, 0.1) is 0 Å². The summed E-state index contributed by atoms with van der Waals surface area (Å²) in [6.07, 6.45) is 7.89. The van der Waals surface area contributed by atoms with Gasteiger partial charge in [-0.1, -0.05) is 30.9 Å². The van der Waals surface area contributed by atoms with Crippen molar-refractivity contribution >= 4 is 24.8 Å². The third-order valence-electron chi connectivity index (χ3n) is 0.732. The molecule has 0 fully saturated rings. The molecule has 1 aliphatic carbocycles. The molecule has 0 saturated heterocycles. The second-order valence-corrected chi connectivity index (χ2v) is 1.29. The molecule has 0 heterocycles. The Morgan fingerprint density at radius 3 is 1.44 bits per heavy atom. The molecule has 0 aromatic carbocycles. The Balaban J connectivity index is -0.000000120. The van der Waals surface area contributed by atoms with Gasteiger partial charge in [0.25, 0.3) is 0 Å². The Hall–Kier alpha value is 0.332. The van der Waals surface area contributed by atoms with Crippen molar-refractivity contribution in [2.45, 2.75) is 0 Å². The first-order valence-corrected chi connectivity index (χ1v) is 1.93. The molecule has 0 saturated carbocycles. The van der Waals surface area contributed by atoms with Crippen LogP contribution in [-0.4, -0.2) is 0 Å². The fourth-order valence-corrected chi connectivity index (χ4v) is 0.414.